The SMILES string of the molecule is CCn1cc([C@@H](CC(=O)NC2CCN(Cc3ccccc3)CC2)c2cccc(F)c2)c2ccccc21. The molecule has 2 heterocycles. The van der Waals surface area contributed by atoms with Crippen molar-refractivity contribution >= 4 is 16.8 Å². The molecule has 0 spiro atoms. The molecule has 1 amide bonds. The maximum absolute atomic E-state index is 14.2. The second-order valence-corrected chi connectivity index (χ2v) is 9.80. The number of fused-ring (bicyclic) bond motifs is 1. The summed E-state index contributed by atoms with van der Waals surface area (Å²) in [5.41, 5.74) is 4.37. The van der Waals surface area contributed by atoms with Crippen LogP contribution in [0.4, 0.5) is 4.39 Å². The van der Waals surface area contributed by atoms with Crippen LogP contribution in [0.15, 0.2) is 85.1 Å². The first-order valence-electron chi connectivity index (χ1n) is 13.0. The first-order chi connectivity index (χ1) is 17.6. The standard InChI is InChI=1S/C31H34FN3O/c1-2-35-22-29(27-13-6-7-14-30(27)35)28(24-11-8-12-25(32)19-24)20-31(36)33-26-15-17-34(18-16-26)21-23-9-4-3-5-10-23/h3-14,19,22,26,28H,2,15-18,20-21H2,1H3,(H,33,36)/t28-/m0/s1. The summed E-state index contributed by atoms with van der Waals surface area (Å²) < 4.78 is 16.4. The van der Waals surface area contributed by atoms with Crippen molar-refractivity contribution in [1.82, 2.24) is 14.8 Å². The van der Waals surface area contributed by atoms with Crippen molar-refractivity contribution < 1.29 is 9.18 Å². The van der Waals surface area contributed by atoms with Gasteiger partial charge in [-0.05, 0) is 54.7 Å². The topological polar surface area (TPSA) is 37.3 Å². The fourth-order valence-corrected chi connectivity index (χ4v) is 5.49. The molecule has 1 N–H and O–H groups in total. The van der Waals surface area contributed by atoms with Crippen molar-refractivity contribution in [3.63, 3.8) is 0 Å². The van der Waals surface area contributed by atoms with Crippen molar-refractivity contribution in [2.24, 2.45) is 0 Å². The van der Waals surface area contributed by atoms with Crippen LogP contribution in [0.5, 0.6) is 0 Å². The molecule has 1 fully saturated rings. The molecule has 1 aliphatic rings. The Kier molecular flexibility index (Phi) is 7.47. The van der Waals surface area contributed by atoms with Crippen molar-refractivity contribution in [3.05, 3.63) is 108 Å². The number of para-hydroxylation sites is 1. The minimum atomic E-state index is -0.275. The minimum absolute atomic E-state index is 0.0269. The summed E-state index contributed by atoms with van der Waals surface area (Å²) in [6, 6.07) is 25.7. The zero-order valence-electron chi connectivity index (χ0n) is 20.9. The number of aromatic nitrogens is 1. The van der Waals surface area contributed by atoms with E-state index in [0.717, 1.165) is 61.1 Å². The molecule has 3 aromatic carbocycles. The number of carbonyl (C=O) groups excluding carboxylic acids is 1. The molecule has 0 bridgehead atoms. The van der Waals surface area contributed by atoms with Crippen molar-refractivity contribution in [2.75, 3.05) is 13.1 Å². The van der Waals surface area contributed by atoms with Crippen LogP contribution in [0.2, 0.25) is 0 Å². The number of hydrogen-bond acceptors (Lipinski definition) is 2. The first-order valence-corrected chi connectivity index (χ1v) is 13.0. The van der Waals surface area contributed by atoms with Crippen LogP contribution in [0.3, 0.4) is 0 Å². The number of likely N-dealkylation sites (tertiary alicyclic amines) is 1. The van der Waals surface area contributed by atoms with Gasteiger partial charge in [0, 0.05) is 61.7 Å². The van der Waals surface area contributed by atoms with Crippen LogP contribution in [-0.4, -0.2) is 34.5 Å². The van der Waals surface area contributed by atoms with Gasteiger partial charge < -0.3 is 9.88 Å². The Hall–Kier alpha value is -3.44. The molecule has 4 nitrogen and oxygen atoms in total. The molecule has 36 heavy (non-hydrogen) atoms. The van der Waals surface area contributed by atoms with Gasteiger partial charge in [0.25, 0.3) is 0 Å². The lowest BCUT2D eigenvalue weighted by molar-refractivity contribution is -0.122. The second kappa shape index (κ2) is 11.1. The third-order valence-electron chi connectivity index (χ3n) is 7.38. The molecule has 0 saturated carbocycles. The van der Waals surface area contributed by atoms with Gasteiger partial charge in [-0.25, -0.2) is 4.39 Å². The van der Waals surface area contributed by atoms with E-state index in [1.807, 2.05) is 24.3 Å². The molecule has 4 aromatic rings. The van der Waals surface area contributed by atoms with E-state index >= 15 is 0 Å². The van der Waals surface area contributed by atoms with Gasteiger partial charge in [-0.2, -0.15) is 0 Å². The van der Waals surface area contributed by atoms with Gasteiger partial charge in [0.15, 0.2) is 0 Å². The normalized spacial score (nSPS) is 15.7. The fraction of sp³-hybridized carbons (Fsp3) is 0.323. The van der Waals surface area contributed by atoms with E-state index in [9.17, 15) is 9.18 Å². The van der Waals surface area contributed by atoms with E-state index in [4.69, 9.17) is 0 Å². The maximum atomic E-state index is 14.2. The summed E-state index contributed by atoms with van der Waals surface area (Å²) in [5, 5.41) is 4.41. The third-order valence-corrected chi connectivity index (χ3v) is 7.38. The average Bonchev–Trinajstić information content (AvgIpc) is 3.28. The van der Waals surface area contributed by atoms with E-state index in [1.54, 1.807) is 12.1 Å². The van der Waals surface area contributed by atoms with Gasteiger partial charge in [0.1, 0.15) is 5.82 Å². The second-order valence-electron chi connectivity index (χ2n) is 9.80. The molecule has 0 unspecified atom stereocenters. The Morgan fingerprint density at radius 3 is 2.50 bits per heavy atom. The van der Waals surface area contributed by atoms with E-state index in [1.165, 1.54) is 11.6 Å². The fourth-order valence-electron chi connectivity index (χ4n) is 5.49. The summed E-state index contributed by atoms with van der Waals surface area (Å²) in [7, 11) is 0. The molecule has 1 saturated heterocycles. The average molecular weight is 484 g/mol. The summed E-state index contributed by atoms with van der Waals surface area (Å²) >= 11 is 0. The van der Waals surface area contributed by atoms with E-state index in [2.05, 4.69) is 64.3 Å². The predicted molar refractivity (Wildman–Crippen MR) is 143 cm³/mol. The first kappa shape index (κ1) is 24.3. The van der Waals surface area contributed by atoms with Gasteiger partial charge in [0.2, 0.25) is 5.91 Å². The number of carbonyl (C=O) groups is 1. The van der Waals surface area contributed by atoms with Crippen LogP contribution >= 0.6 is 0 Å². The Labute approximate surface area is 212 Å². The highest BCUT2D eigenvalue weighted by Crippen LogP contribution is 2.35. The molecule has 5 heteroatoms. The highest BCUT2D eigenvalue weighted by Gasteiger charge is 2.26. The number of amides is 1. The van der Waals surface area contributed by atoms with Crippen molar-refractivity contribution in [2.45, 2.75) is 51.2 Å². The number of rotatable bonds is 8. The largest absolute Gasteiger partial charge is 0.353 e. The summed E-state index contributed by atoms with van der Waals surface area (Å²) in [4.78, 5) is 15.8. The lowest BCUT2D eigenvalue weighted by Crippen LogP contribution is -2.44. The summed E-state index contributed by atoms with van der Waals surface area (Å²) in [5.74, 6) is -0.460. The number of nitrogens with one attached hydrogen (secondary N) is 1. The lowest BCUT2D eigenvalue weighted by Gasteiger charge is -2.32. The zero-order chi connectivity index (χ0) is 24.9. The quantitative estimate of drug-likeness (QED) is 0.329. The summed E-state index contributed by atoms with van der Waals surface area (Å²) in [6.45, 7) is 5.84. The van der Waals surface area contributed by atoms with Crippen LogP contribution < -0.4 is 5.32 Å². The van der Waals surface area contributed by atoms with E-state index < -0.39 is 0 Å². The number of aryl methyl sites for hydroxylation is 1. The van der Waals surface area contributed by atoms with Crippen LogP contribution in [0, 0.1) is 5.82 Å². The maximum Gasteiger partial charge on any atom is 0.221 e. The van der Waals surface area contributed by atoms with Crippen LogP contribution in [0.1, 0.15) is 48.8 Å². The number of piperidine rings is 1. The molecule has 5 rings (SSSR count). The predicted octanol–water partition coefficient (Wildman–Crippen LogP) is 6.10. The minimum Gasteiger partial charge on any atom is -0.353 e. The van der Waals surface area contributed by atoms with Crippen molar-refractivity contribution in [3.8, 4) is 0 Å². The smallest absolute Gasteiger partial charge is 0.221 e. The summed E-state index contributed by atoms with van der Waals surface area (Å²) in [6.07, 6.45) is 4.32. The third kappa shape index (κ3) is 5.52. The Bertz CT molecular complexity index is 1310. The Morgan fingerprint density at radius 2 is 1.75 bits per heavy atom. The van der Waals surface area contributed by atoms with E-state index in [0.29, 0.717) is 6.42 Å². The highest BCUT2D eigenvalue weighted by molar-refractivity contribution is 5.86. The zero-order valence-corrected chi connectivity index (χ0v) is 20.9. The highest BCUT2D eigenvalue weighted by atomic mass is 19.1. The Morgan fingerprint density at radius 1 is 1.00 bits per heavy atom. The van der Waals surface area contributed by atoms with Gasteiger partial charge >= 0.3 is 0 Å². The van der Waals surface area contributed by atoms with E-state index in [-0.39, 0.29) is 23.7 Å². The molecular weight excluding hydrogens is 449 g/mol. The van der Waals surface area contributed by atoms with Gasteiger partial charge in [-0.3, -0.25) is 9.69 Å². The number of hydrogen-bond donors (Lipinski definition) is 1. The number of halogens is 1. The molecule has 1 atom stereocenters. The van der Waals surface area contributed by atoms with Crippen molar-refractivity contribution in [1.29, 1.82) is 0 Å². The molecule has 0 radical (unpaired) electrons. The van der Waals surface area contributed by atoms with Gasteiger partial charge in [-0.15, -0.1) is 0 Å². The molecule has 1 aromatic heterocycles. The lowest BCUT2D eigenvalue weighted by atomic mass is 9.87. The van der Waals surface area contributed by atoms with Crippen LogP contribution in [0.25, 0.3) is 10.9 Å². The Balaban J connectivity index is 1.30. The molecule has 0 aliphatic carbocycles. The number of benzene rings is 3. The van der Waals surface area contributed by atoms with Gasteiger partial charge in [0.05, 0.1) is 0 Å². The monoisotopic (exact) mass is 483 g/mol. The van der Waals surface area contributed by atoms with Gasteiger partial charge in [-0.1, -0.05) is 60.7 Å². The number of nitrogens with zero attached hydrogens (tertiary/aromatic N) is 2. The molecule has 186 valence electrons. The molecule has 1 aliphatic heterocycles. The van der Waals surface area contributed by atoms with Crippen LogP contribution in [-0.2, 0) is 17.9 Å². The molecular formula is C31H34FN3O.